The number of likely N-dealkylation sites (tertiary alicyclic amines) is 1. The van der Waals surface area contributed by atoms with Crippen molar-refractivity contribution in [1.29, 1.82) is 0 Å². The standard InChI is InChI=1S/C26H21NO5S/c1-31-19-11-9-18(10-12-19)24(28)22-23(20-7-3-4-8-21(20)32-2)27(26(30)25(22)29)14-5-6-17-13-15-33-16-17/h3-4,7-13,15-16,23,28H,14H2,1-2H3/b24-22-. The summed E-state index contributed by atoms with van der Waals surface area (Å²) in [6.07, 6.45) is 0. The fourth-order valence-electron chi connectivity index (χ4n) is 3.73. The molecule has 33 heavy (non-hydrogen) atoms. The largest absolute Gasteiger partial charge is 0.507 e. The van der Waals surface area contributed by atoms with Crippen LogP contribution >= 0.6 is 11.3 Å². The Morgan fingerprint density at radius 3 is 2.48 bits per heavy atom. The summed E-state index contributed by atoms with van der Waals surface area (Å²) in [5, 5.41) is 14.9. The Hall–Kier alpha value is -4.02. The Morgan fingerprint density at radius 1 is 1.06 bits per heavy atom. The molecule has 1 saturated heterocycles. The molecule has 0 radical (unpaired) electrons. The normalized spacial score (nSPS) is 16.9. The minimum atomic E-state index is -0.847. The van der Waals surface area contributed by atoms with E-state index in [4.69, 9.17) is 9.47 Å². The van der Waals surface area contributed by atoms with E-state index in [9.17, 15) is 14.7 Å². The number of hydrogen-bond acceptors (Lipinski definition) is 6. The van der Waals surface area contributed by atoms with E-state index in [0.29, 0.717) is 22.6 Å². The van der Waals surface area contributed by atoms with Crippen molar-refractivity contribution in [2.45, 2.75) is 6.04 Å². The van der Waals surface area contributed by atoms with Crippen LogP contribution < -0.4 is 9.47 Å². The maximum absolute atomic E-state index is 13.1. The molecule has 0 aliphatic carbocycles. The first kappa shape index (κ1) is 22.2. The number of rotatable bonds is 5. The van der Waals surface area contributed by atoms with Gasteiger partial charge in [-0.25, -0.2) is 0 Å². The van der Waals surface area contributed by atoms with Crippen LogP contribution in [0.15, 0.2) is 70.9 Å². The van der Waals surface area contributed by atoms with Crippen molar-refractivity contribution in [3.63, 3.8) is 0 Å². The molecule has 1 aliphatic heterocycles. The number of ether oxygens (including phenoxy) is 2. The molecular weight excluding hydrogens is 438 g/mol. The van der Waals surface area contributed by atoms with Gasteiger partial charge >= 0.3 is 0 Å². The predicted octanol–water partition coefficient (Wildman–Crippen LogP) is 4.24. The van der Waals surface area contributed by atoms with E-state index in [1.807, 2.05) is 16.8 Å². The molecule has 166 valence electrons. The number of aliphatic hydroxyl groups excluding tert-OH is 1. The van der Waals surface area contributed by atoms with Gasteiger partial charge in [-0.2, -0.15) is 11.3 Å². The number of thiophene rings is 1. The second kappa shape index (κ2) is 9.63. The first-order valence-corrected chi connectivity index (χ1v) is 11.1. The van der Waals surface area contributed by atoms with Crippen molar-refractivity contribution in [2.24, 2.45) is 0 Å². The van der Waals surface area contributed by atoms with Crippen LogP contribution in [-0.2, 0) is 9.59 Å². The number of carbonyl (C=O) groups excluding carboxylic acids is 2. The van der Waals surface area contributed by atoms with Crippen LogP contribution in [0.5, 0.6) is 11.5 Å². The van der Waals surface area contributed by atoms with Crippen molar-refractivity contribution >= 4 is 28.8 Å². The number of nitrogens with zero attached hydrogens (tertiary/aromatic N) is 1. The average Bonchev–Trinajstić information content (AvgIpc) is 3.46. The molecule has 4 rings (SSSR count). The number of ketones is 1. The van der Waals surface area contributed by atoms with Gasteiger partial charge in [0.05, 0.1) is 32.4 Å². The highest BCUT2D eigenvalue weighted by Crippen LogP contribution is 2.42. The summed E-state index contributed by atoms with van der Waals surface area (Å²) >= 11 is 1.53. The summed E-state index contributed by atoms with van der Waals surface area (Å²) in [7, 11) is 3.06. The summed E-state index contributed by atoms with van der Waals surface area (Å²) in [5.41, 5.74) is 1.82. The molecule has 1 unspecified atom stereocenters. The Morgan fingerprint density at radius 2 is 1.82 bits per heavy atom. The van der Waals surface area contributed by atoms with Crippen molar-refractivity contribution in [2.75, 3.05) is 20.8 Å². The van der Waals surface area contributed by atoms with E-state index in [2.05, 4.69) is 11.8 Å². The molecule has 6 nitrogen and oxygen atoms in total. The van der Waals surface area contributed by atoms with E-state index in [-0.39, 0.29) is 17.9 Å². The van der Waals surface area contributed by atoms with Gasteiger partial charge in [-0.1, -0.05) is 30.0 Å². The van der Waals surface area contributed by atoms with Crippen LogP contribution in [0.25, 0.3) is 5.76 Å². The Kier molecular flexibility index (Phi) is 6.48. The van der Waals surface area contributed by atoms with E-state index >= 15 is 0 Å². The van der Waals surface area contributed by atoms with E-state index < -0.39 is 17.7 Å². The van der Waals surface area contributed by atoms with Gasteiger partial charge in [-0.05, 0) is 41.8 Å². The Bertz CT molecular complexity index is 1270. The SMILES string of the molecule is COc1ccc(/C(O)=C2/C(=O)C(=O)N(CC#Cc3ccsc3)C2c2ccccc2OC)cc1. The lowest BCUT2D eigenvalue weighted by Gasteiger charge is -2.24. The molecule has 1 amide bonds. The van der Waals surface area contributed by atoms with Crippen molar-refractivity contribution in [3.05, 3.63) is 87.6 Å². The lowest BCUT2D eigenvalue weighted by atomic mass is 9.94. The maximum Gasteiger partial charge on any atom is 0.296 e. The molecule has 0 saturated carbocycles. The molecule has 1 aliphatic rings. The second-order valence-corrected chi connectivity index (χ2v) is 7.99. The van der Waals surface area contributed by atoms with E-state index in [1.54, 1.807) is 55.6 Å². The van der Waals surface area contributed by atoms with Crippen molar-refractivity contribution < 1.29 is 24.2 Å². The summed E-state index contributed by atoms with van der Waals surface area (Å²) in [6, 6.07) is 14.8. The third-order valence-electron chi connectivity index (χ3n) is 5.34. The highest BCUT2D eigenvalue weighted by molar-refractivity contribution is 7.08. The summed E-state index contributed by atoms with van der Waals surface area (Å²) < 4.78 is 10.7. The van der Waals surface area contributed by atoms with Crippen molar-refractivity contribution in [3.8, 4) is 23.3 Å². The number of para-hydroxylation sites is 1. The lowest BCUT2D eigenvalue weighted by Crippen LogP contribution is -2.30. The van der Waals surface area contributed by atoms with Crippen molar-refractivity contribution in [1.82, 2.24) is 4.90 Å². The fraction of sp³-hybridized carbons (Fsp3) is 0.154. The molecule has 1 aromatic heterocycles. The van der Waals surface area contributed by atoms with Crippen LogP contribution in [-0.4, -0.2) is 42.5 Å². The Balaban J connectivity index is 1.83. The number of amides is 1. The summed E-state index contributed by atoms with van der Waals surface area (Å²) in [4.78, 5) is 27.5. The smallest absolute Gasteiger partial charge is 0.296 e. The number of hydrogen-bond donors (Lipinski definition) is 1. The van der Waals surface area contributed by atoms with Gasteiger partial charge in [0.2, 0.25) is 0 Å². The fourth-order valence-corrected chi connectivity index (χ4v) is 4.31. The first-order valence-electron chi connectivity index (χ1n) is 10.1. The first-order chi connectivity index (χ1) is 16.0. The molecule has 0 bridgehead atoms. The summed E-state index contributed by atoms with van der Waals surface area (Å²) in [6.45, 7) is 0.0164. The molecule has 7 heteroatoms. The van der Waals surface area contributed by atoms with Gasteiger partial charge < -0.3 is 19.5 Å². The molecule has 1 atom stereocenters. The topological polar surface area (TPSA) is 76.1 Å². The van der Waals surface area contributed by atoms with E-state index in [0.717, 1.165) is 5.56 Å². The number of Topliss-reactive ketones (excluding diaryl/α,β-unsaturated/α-hetero) is 1. The van der Waals surface area contributed by atoms with Gasteiger partial charge in [0.25, 0.3) is 11.7 Å². The van der Waals surface area contributed by atoms with Gasteiger partial charge in [0.1, 0.15) is 17.3 Å². The summed E-state index contributed by atoms with van der Waals surface area (Å²) in [5.74, 6) is 5.34. The minimum Gasteiger partial charge on any atom is -0.507 e. The van der Waals surface area contributed by atoms with Crippen LogP contribution in [0.3, 0.4) is 0 Å². The maximum atomic E-state index is 13.1. The molecule has 0 spiro atoms. The Labute approximate surface area is 195 Å². The van der Waals surface area contributed by atoms with Crippen LogP contribution in [0, 0.1) is 11.8 Å². The molecular formula is C26H21NO5S. The predicted molar refractivity (Wildman–Crippen MR) is 126 cm³/mol. The third kappa shape index (κ3) is 4.34. The zero-order chi connectivity index (χ0) is 23.4. The molecule has 1 N–H and O–H groups in total. The van der Waals surface area contributed by atoms with Gasteiger partial charge in [-0.3, -0.25) is 9.59 Å². The number of carbonyl (C=O) groups is 2. The second-order valence-electron chi connectivity index (χ2n) is 7.21. The molecule has 2 aromatic carbocycles. The van der Waals surface area contributed by atoms with E-state index in [1.165, 1.54) is 23.3 Å². The average molecular weight is 460 g/mol. The van der Waals surface area contributed by atoms with Gasteiger partial charge in [0.15, 0.2) is 0 Å². The number of benzene rings is 2. The molecule has 3 aromatic rings. The number of aliphatic hydroxyl groups is 1. The third-order valence-corrected chi connectivity index (χ3v) is 6.02. The van der Waals surface area contributed by atoms with Crippen LogP contribution in [0.1, 0.15) is 22.7 Å². The molecule has 2 heterocycles. The quantitative estimate of drug-likeness (QED) is 0.267. The number of methoxy groups -OCH3 is 2. The minimum absolute atomic E-state index is 0.00741. The van der Waals surface area contributed by atoms with Crippen LogP contribution in [0.4, 0.5) is 0 Å². The van der Waals surface area contributed by atoms with Crippen LogP contribution in [0.2, 0.25) is 0 Å². The molecule has 1 fully saturated rings. The zero-order valence-electron chi connectivity index (χ0n) is 18.1. The lowest BCUT2D eigenvalue weighted by molar-refractivity contribution is -0.139. The van der Waals surface area contributed by atoms with Gasteiger partial charge in [-0.15, -0.1) is 0 Å². The zero-order valence-corrected chi connectivity index (χ0v) is 18.9. The highest BCUT2D eigenvalue weighted by atomic mass is 32.1. The monoisotopic (exact) mass is 459 g/mol. The van der Waals surface area contributed by atoms with Gasteiger partial charge in [0, 0.05) is 22.1 Å². The highest BCUT2D eigenvalue weighted by Gasteiger charge is 2.46.